The number of hydrogen-bond donors (Lipinski definition) is 0. The molecule has 6 nitrogen and oxygen atoms in total. The third-order valence-corrected chi connectivity index (χ3v) is 5.96. The van der Waals surface area contributed by atoms with Crippen molar-refractivity contribution in [3.8, 4) is 11.5 Å². The number of nitrogens with zero attached hydrogens (tertiary/aromatic N) is 3. The third-order valence-electron chi connectivity index (χ3n) is 5.68. The minimum absolute atomic E-state index is 0.289. The molecule has 0 aliphatic carbocycles. The zero-order valence-corrected chi connectivity index (χ0v) is 18.5. The van der Waals surface area contributed by atoms with E-state index in [1.807, 2.05) is 17.0 Å². The summed E-state index contributed by atoms with van der Waals surface area (Å²) in [6.45, 7) is 9.64. The molecule has 0 atom stereocenters. The SMILES string of the molecule is CCCOc1c(Cl)cc(CN2CCN(CC(=O)N3CCCCC3)CC2)cc1OC. The first kappa shape index (κ1) is 22.2. The van der Waals surface area contributed by atoms with Crippen LogP contribution in [0.2, 0.25) is 5.02 Å². The molecule has 2 aliphatic rings. The molecular weight excluding hydrogens is 390 g/mol. The summed E-state index contributed by atoms with van der Waals surface area (Å²) in [5, 5.41) is 0.596. The van der Waals surface area contributed by atoms with Crippen LogP contribution in [0.5, 0.6) is 11.5 Å². The zero-order valence-electron chi connectivity index (χ0n) is 17.8. The largest absolute Gasteiger partial charge is 0.493 e. The van der Waals surface area contributed by atoms with Crippen LogP contribution >= 0.6 is 11.6 Å². The first-order chi connectivity index (χ1) is 14.1. The van der Waals surface area contributed by atoms with Gasteiger partial charge in [-0.05, 0) is 43.4 Å². The number of halogens is 1. The maximum absolute atomic E-state index is 12.5. The summed E-state index contributed by atoms with van der Waals surface area (Å²) >= 11 is 6.45. The van der Waals surface area contributed by atoms with Crippen molar-refractivity contribution in [2.24, 2.45) is 0 Å². The van der Waals surface area contributed by atoms with Crippen LogP contribution in [0, 0.1) is 0 Å². The van der Waals surface area contributed by atoms with Crippen molar-refractivity contribution in [2.75, 3.05) is 59.5 Å². The van der Waals surface area contributed by atoms with E-state index in [1.165, 1.54) is 6.42 Å². The molecule has 0 N–H and O–H groups in total. The van der Waals surface area contributed by atoms with Gasteiger partial charge >= 0.3 is 0 Å². The highest BCUT2D eigenvalue weighted by Crippen LogP contribution is 2.37. The summed E-state index contributed by atoms with van der Waals surface area (Å²) in [6.07, 6.45) is 4.47. The van der Waals surface area contributed by atoms with Gasteiger partial charge in [-0.25, -0.2) is 0 Å². The van der Waals surface area contributed by atoms with Crippen molar-refractivity contribution in [3.63, 3.8) is 0 Å². The Morgan fingerprint density at radius 1 is 1.03 bits per heavy atom. The fourth-order valence-corrected chi connectivity index (χ4v) is 4.29. The van der Waals surface area contributed by atoms with E-state index < -0.39 is 0 Å². The van der Waals surface area contributed by atoms with Gasteiger partial charge < -0.3 is 14.4 Å². The van der Waals surface area contributed by atoms with Crippen LogP contribution in [0.1, 0.15) is 38.2 Å². The Hall–Kier alpha value is -1.50. The van der Waals surface area contributed by atoms with Gasteiger partial charge in [0.1, 0.15) is 0 Å². The number of benzene rings is 1. The average molecular weight is 424 g/mol. The predicted molar refractivity (Wildman–Crippen MR) is 116 cm³/mol. The highest BCUT2D eigenvalue weighted by atomic mass is 35.5. The summed E-state index contributed by atoms with van der Waals surface area (Å²) in [7, 11) is 1.65. The van der Waals surface area contributed by atoms with Crippen molar-refractivity contribution in [1.82, 2.24) is 14.7 Å². The quantitative estimate of drug-likeness (QED) is 0.642. The third kappa shape index (κ3) is 6.24. The molecule has 1 aromatic carbocycles. The van der Waals surface area contributed by atoms with Crippen LogP contribution in [0.15, 0.2) is 12.1 Å². The van der Waals surface area contributed by atoms with Crippen LogP contribution in [-0.4, -0.2) is 80.1 Å². The van der Waals surface area contributed by atoms with Crippen LogP contribution in [0.4, 0.5) is 0 Å². The molecule has 2 aliphatic heterocycles. The molecule has 0 radical (unpaired) electrons. The zero-order chi connectivity index (χ0) is 20.6. The van der Waals surface area contributed by atoms with Crippen molar-refractivity contribution in [2.45, 2.75) is 39.2 Å². The summed E-state index contributed by atoms with van der Waals surface area (Å²) in [4.78, 5) is 19.2. The second-order valence-electron chi connectivity index (χ2n) is 7.95. The first-order valence-electron chi connectivity index (χ1n) is 10.8. The van der Waals surface area contributed by atoms with Gasteiger partial charge in [-0.1, -0.05) is 18.5 Å². The molecule has 3 rings (SSSR count). The van der Waals surface area contributed by atoms with Gasteiger partial charge in [0.2, 0.25) is 5.91 Å². The number of piperazine rings is 1. The molecule has 29 heavy (non-hydrogen) atoms. The minimum Gasteiger partial charge on any atom is -0.493 e. The van der Waals surface area contributed by atoms with Gasteiger partial charge in [-0.3, -0.25) is 14.6 Å². The van der Waals surface area contributed by atoms with E-state index in [0.29, 0.717) is 29.7 Å². The Morgan fingerprint density at radius 2 is 1.72 bits per heavy atom. The van der Waals surface area contributed by atoms with Crippen LogP contribution in [0.3, 0.4) is 0 Å². The molecule has 0 bridgehead atoms. The van der Waals surface area contributed by atoms with Crippen molar-refractivity contribution >= 4 is 17.5 Å². The monoisotopic (exact) mass is 423 g/mol. The molecule has 7 heteroatoms. The number of piperidine rings is 1. The van der Waals surface area contributed by atoms with Gasteiger partial charge in [0.15, 0.2) is 11.5 Å². The van der Waals surface area contributed by atoms with Gasteiger partial charge in [0.25, 0.3) is 0 Å². The lowest BCUT2D eigenvalue weighted by Gasteiger charge is -2.36. The standard InChI is InChI=1S/C22H34ClN3O3/c1-3-13-29-22-19(23)14-18(15-20(22)28-2)16-24-9-11-25(12-10-24)17-21(27)26-7-5-4-6-8-26/h14-15H,3-13,16-17H2,1-2H3. The molecule has 2 heterocycles. The van der Waals surface area contributed by atoms with E-state index in [1.54, 1.807) is 7.11 Å². The number of amides is 1. The summed E-state index contributed by atoms with van der Waals surface area (Å²) in [5.74, 6) is 1.60. The molecular formula is C22H34ClN3O3. The van der Waals surface area contributed by atoms with Crippen molar-refractivity contribution in [1.29, 1.82) is 0 Å². The number of rotatable bonds is 8. The summed E-state index contributed by atoms with van der Waals surface area (Å²) in [6, 6.07) is 3.99. The molecule has 2 saturated heterocycles. The molecule has 1 amide bonds. The number of carbonyl (C=O) groups is 1. The lowest BCUT2D eigenvalue weighted by molar-refractivity contribution is -0.133. The second-order valence-corrected chi connectivity index (χ2v) is 8.36. The molecule has 0 spiro atoms. The molecule has 0 saturated carbocycles. The number of methoxy groups -OCH3 is 1. The fraction of sp³-hybridized carbons (Fsp3) is 0.682. The highest BCUT2D eigenvalue weighted by Gasteiger charge is 2.23. The number of likely N-dealkylation sites (tertiary alicyclic amines) is 1. The Kier molecular flexibility index (Phi) is 8.45. The topological polar surface area (TPSA) is 45.2 Å². The molecule has 2 fully saturated rings. The Bertz CT molecular complexity index is 672. The van der Waals surface area contributed by atoms with Gasteiger partial charge in [-0.2, -0.15) is 0 Å². The van der Waals surface area contributed by atoms with E-state index >= 15 is 0 Å². The Labute approximate surface area is 179 Å². The van der Waals surface area contributed by atoms with E-state index in [2.05, 4.69) is 16.7 Å². The number of carbonyl (C=O) groups excluding carboxylic acids is 1. The predicted octanol–water partition coefficient (Wildman–Crippen LogP) is 3.27. The van der Waals surface area contributed by atoms with Crippen LogP contribution < -0.4 is 9.47 Å². The lowest BCUT2D eigenvalue weighted by Crippen LogP contribution is -2.50. The second kappa shape index (κ2) is 11.0. The van der Waals surface area contributed by atoms with Crippen molar-refractivity contribution in [3.05, 3.63) is 22.7 Å². The van der Waals surface area contributed by atoms with Gasteiger partial charge in [0.05, 0.1) is 25.3 Å². The smallest absolute Gasteiger partial charge is 0.236 e. The maximum Gasteiger partial charge on any atom is 0.236 e. The normalized spacial score (nSPS) is 18.7. The number of ether oxygens (including phenoxy) is 2. The average Bonchev–Trinajstić information content (AvgIpc) is 2.74. The fourth-order valence-electron chi connectivity index (χ4n) is 4.01. The minimum atomic E-state index is 0.289. The molecule has 162 valence electrons. The number of hydrogen-bond acceptors (Lipinski definition) is 5. The highest BCUT2D eigenvalue weighted by molar-refractivity contribution is 6.32. The van der Waals surface area contributed by atoms with Crippen LogP contribution in [-0.2, 0) is 11.3 Å². The van der Waals surface area contributed by atoms with E-state index in [9.17, 15) is 4.79 Å². The van der Waals surface area contributed by atoms with Gasteiger partial charge in [-0.15, -0.1) is 0 Å². The summed E-state index contributed by atoms with van der Waals surface area (Å²) < 4.78 is 11.2. The molecule has 1 aromatic rings. The van der Waals surface area contributed by atoms with E-state index in [4.69, 9.17) is 21.1 Å². The first-order valence-corrected chi connectivity index (χ1v) is 11.2. The molecule has 0 unspecified atom stereocenters. The Morgan fingerprint density at radius 3 is 2.38 bits per heavy atom. The van der Waals surface area contributed by atoms with Crippen molar-refractivity contribution < 1.29 is 14.3 Å². The van der Waals surface area contributed by atoms with E-state index in [0.717, 1.165) is 70.6 Å². The van der Waals surface area contributed by atoms with Crippen LogP contribution in [0.25, 0.3) is 0 Å². The Balaban J connectivity index is 1.50. The summed E-state index contributed by atoms with van der Waals surface area (Å²) in [5.41, 5.74) is 1.12. The lowest BCUT2D eigenvalue weighted by atomic mass is 10.1. The maximum atomic E-state index is 12.5. The molecule has 0 aromatic heterocycles. The van der Waals surface area contributed by atoms with E-state index in [-0.39, 0.29) is 5.91 Å². The van der Waals surface area contributed by atoms with Gasteiger partial charge in [0, 0.05) is 45.8 Å².